The van der Waals surface area contributed by atoms with E-state index in [-0.39, 0.29) is 12.5 Å². The molecule has 0 aliphatic rings. The maximum Gasteiger partial charge on any atom is 0.262 e. The highest BCUT2D eigenvalue weighted by molar-refractivity contribution is 5.93. The number of ether oxygens (including phenoxy) is 1. The molecule has 0 bridgehead atoms. The number of hydrogen-bond acceptors (Lipinski definition) is 4. The summed E-state index contributed by atoms with van der Waals surface area (Å²) in [5.41, 5.74) is 7.06. The molecule has 1 N–H and O–H groups in total. The highest BCUT2D eigenvalue weighted by Gasteiger charge is 2.15. The molecular formula is C27H24N4O2. The number of anilines is 1. The topological polar surface area (TPSA) is 79.9 Å². The monoisotopic (exact) mass is 436 g/mol. The lowest BCUT2D eigenvalue weighted by Gasteiger charge is -2.09. The Hall–Kier alpha value is -4.37. The van der Waals surface area contributed by atoms with Gasteiger partial charge in [0.25, 0.3) is 5.91 Å². The van der Waals surface area contributed by atoms with Crippen LogP contribution in [0.25, 0.3) is 16.8 Å². The number of nitrogens with one attached hydrogen (secondary N) is 1. The van der Waals surface area contributed by atoms with Crippen LogP contribution in [0.3, 0.4) is 0 Å². The van der Waals surface area contributed by atoms with E-state index < -0.39 is 0 Å². The largest absolute Gasteiger partial charge is 0.484 e. The Morgan fingerprint density at radius 2 is 1.55 bits per heavy atom. The Bertz CT molecular complexity index is 1310. The molecular weight excluding hydrogens is 412 g/mol. The van der Waals surface area contributed by atoms with Gasteiger partial charge in [-0.1, -0.05) is 42.0 Å². The van der Waals surface area contributed by atoms with Crippen molar-refractivity contribution in [1.29, 1.82) is 5.26 Å². The van der Waals surface area contributed by atoms with E-state index in [0.717, 1.165) is 28.2 Å². The summed E-state index contributed by atoms with van der Waals surface area (Å²) in [5, 5.41) is 16.4. The summed E-state index contributed by atoms with van der Waals surface area (Å²) in [5.74, 6) is 0.354. The SMILES string of the molecule is Cc1ccc(-n2nc(C)c(NC(=O)COc3ccc(-c4ccc(C#N)cc4)cc3)c2C)cc1. The van der Waals surface area contributed by atoms with Gasteiger partial charge in [0, 0.05) is 0 Å². The molecule has 0 radical (unpaired) electrons. The van der Waals surface area contributed by atoms with E-state index in [0.29, 0.717) is 17.0 Å². The summed E-state index contributed by atoms with van der Waals surface area (Å²) in [7, 11) is 0. The second-order valence-electron chi connectivity index (χ2n) is 7.84. The van der Waals surface area contributed by atoms with Crippen molar-refractivity contribution in [2.24, 2.45) is 0 Å². The van der Waals surface area contributed by atoms with Crippen molar-refractivity contribution in [2.45, 2.75) is 20.8 Å². The number of hydrogen-bond donors (Lipinski definition) is 1. The van der Waals surface area contributed by atoms with Crippen molar-refractivity contribution < 1.29 is 9.53 Å². The summed E-state index contributed by atoms with van der Waals surface area (Å²) in [6, 6.07) is 25.1. The van der Waals surface area contributed by atoms with Gasteiger partial charge in [-0.15, -0.1) is 0 Å². The minimum Gasteiger partial charge on any atom is -0.484 e. The van der Waals surface area contributed by atoms with Crippen molar-refractivity contribution in [1.82, 2.24) is 9.78 Å². The molecule has 1 heterocycles. The first-order valence-corrected chi connectivity index (χ1v) is 10.6. The maximum absolute atomic E-state index is 12.5. The molecule has 164 valence electrons. The fraction of sp³-hybridized carbons (Fsp3) is 0.148. The molecule has 0 unspecified atom stereocenters. The summed E-state index contributed by atoms with van der Waals surface area (Å²) in [4.78, 5) is 12.5. The molecule has 4 rings (SSSR count). The van der Waals surface area contributed by atoms with Crippen LogP contribution >= 0.6 is 0 Å². The van der Waals surface area contributed by atoms with E-state index in [4.69, 9.17) is 10.00 Å². The molecule has 6 nitrogen and oxygen atoms in total. The van der Waals surface area contributed by atoms with E-state index in [1.807, 2.05) is 86.1 Å². The Morgan fingerprint density at radius 1 is 0.939 bits per heavy atom. The summed E-state index contributed by atoms with van der Waals surface area (Å²) in [6.07, 6.45) is 0. The number of carbonyl (C=O) groups excluding carboxylic acids is 1. The Labute approximate surface area is 193 Å². The van der Waals surface area contributed by atoms with Crippen LogP contribution in [-0.2, 0) is 4.79 Å². The molecule has 3 aromatic carbocycles. The van der Waals surface area contributed by atoms with Gasteiger partial charge >= 0.3 is 0 Å². The number of aryl methyl sites for hydroxylation is 2. The number of nitriles is 1. The lowest BCUT2D eigenvalue weighted by atomic mass is 10.0. The molecule has 0 saturated heterocycles. The van der Waals surface area contributed by atoms with Gasteiger partial charge in [-0.05, 0) is 68.3 Å². The zero-order valence-electron chi connectivity index (χ0n) is 18.8. The van der Waals surface area contributed by atoms with Crippen LogP contribution in [0.4, 0.5) is 5.69 Å². The Balaban J connectivity index is 1.38. The molecule has 4 aromatic rings. The predicted molar refractivity (Wildman–Crippen MR) is 128 cm³/mol. The van der Waals surface area contributed by atoms with Gasteiger partial charge in [0.1, 0.15) is 5.75 Å². The van der Waals surface area contributed by atoms with Crippen LogP contribution in [-0.4, -0.2) is 22.3 Å². The van der Waals surface area contributed by atoms with Crippen LogP contribution < -0.4 is 10.1 Å². The Kier molecular flexibility index (Phi) is 6.23. The van der Waals surface area contributed by atoms with Crippen molar-refractivity contribution in [3.05, 3.63) is 95.3 Å². The number of benzene rings is 3. The lowest BCUT2D eigenvalue weighted by Crippen LogP contribution is -2.20. The zero-order valence-corrected chi connectivity index (χ0v) is 18.8. The van der Waals surface area contributed by atoms with Crippen molar-refractivity contribution in [2.75, 3.05) is 11.9 Å². The zero-order chi connectivity index (χ0) is 23.4. The summed E-state index contributed by atoms with van der Waals surface area (Å²) < 4.78 is 7.50. The first-order chi connectivity index (χ1) is 15.9. The second kappa shape index (κ2) is 9.41. The molecule has 6 heteroatoms. The van der Waals surface area contributed by atoms with Gasteiger partial charge in [0.2, 0.25) is 0 Å². The molecule has 0 aliphatic carbocycles. The van der Waals surface area contributed by atoms with Crippen LogP contribution in [0.1, 0.15) is 22.5 Å². The fourth-order valence-corrected chi connectivity index (χ4v) is 3.57. The average molecular weight is 437 g/mol. The third kappa shape index (κ3) is 4.94. The van der Waals surface area contributed by atoms with Crippen molar-refractivity contribution in [3.8, 4) is 28.6 Å². The van der Waals surface area contributed by atoms with Crippen LogP contribution in [0.2, 0.25) is 0 Å². The fourth-order valence-electron chi connectivity index (χ4n) is 3.57. The smallest absolute Gasteiger partial charge is 0.262 e. The minimum absolute atomic E-state index is 0.106. The number of aromatic nitrogens is 2. The predicted octanol–water partition coefficient (Wildman–Crippen LogP) is 5.35. The van der Waals surface area contributed by atoms with Crippen LogP contribution in [0, 0.1) is 32.1 Å². The number of rotatable bonds is 6. The first-order valence-electron chi connectivity index (χ1n) is 10.6. The van der Waals surface area contributed by atoms with Gasteiger partial charge in [-0.3, -0.25) is 4.79 Å². The maximum atomic E-state index is 12.5. The number of carbonyl (C=O) groups is 1. The number of amides is 1. The highest BCUT2D eigenvalue weighted by atomic mass is 16.5. The molecule has 0 atom stereocenters. The van der Waals surface area contributed by atoms with Gasteiger partial charge in [-0.25, -0.2) is 4.68 Å². The van der Waals surface area contributed by atoms with E-state index in [9.17, 15) is 4.79 Å². The highest BCUT2D eigenvalue weighted by Crippen LogP contribution is 2.24. The lowest BCUT2D eigenvalue weighted by molar-refractivity contribution is -0.118. The Morgan fingerprint density at radius 3 is 2.15 bits per heavy atom. The number of nitrogens with zero attached hydrogens (tertiary/aromatic N) is 3. The molecule has 0 saturated carbocycles. The van der Waals surface area contributed by atoms with E-state index in [2.05, 4.69) is 16.5 Å². The summed E-state index contributed by atoms with van der Waals surface area (Å²) in [6.45, 7) is 5.73. The first kappa shape index (κ1) is 21.8. The quantitative estimate of drug-likeness (QED) is 0.442. The molecule has 1 amide bonds. The third-order valence-corrected chi connectivity index (χ3v) is 5.41. The van der Waals surface area contributed by atoms with Crippen molar-refractivity contribution in [3.63, 3.8) is 0 Å². The minimum atomic E-state index is -0.249. The molecule has 0 fully saturated rings. The molecule has 1 aromatic heterocycles. The van der Waals surface area contributed by atoms with E-state index >= 15 is 0 Å². The average Bonchev–Trinajstić information content (AvgIpc) is 3.12. The van der Waals surface area contributed by atoms with Gasteiger partial charge in [-0.2, -0.15) is 10.4 Å². The van der Waals surface area contributed by atoms with Crippen molar-refractivity contribution >= 4 is 11.6 Å². The van der Waals surface area contributed by atoms with Gasteiger partial charge in [0.05, 0.1) is 34.4 Å². The third-order valence-electron chi connectivity index (χ3n) is 5.41. The van der Waals surface area contributed by atoms with Crippen LogP contribution in [0.5, 0.6) is 5.75 Å². The van der Waals surface area contributed by atoms with Gasteiger partial charge in [0.15, 0.2) is 6.61 Å². The molecule has 0 aliphatic heterocycles. The molecule has 33 heavy (non-hydrogen) atoms. The van der Waals surface area contributed by atoms with E-state index in [1.54, 1.807) is 12.1 Å². The summed E-state index contributed by atoms with van der Waals surface area (Å²) >= 11 is 0. The normalized spacial score (nSPS) is 10.5. The molecule has 0 spiro atoms. The second-order valence-corrected chi connectivity index (χ2v) is 7.84. The van der Waals surface area contributed by atoms with E-state index in [1.165, 1.54) is 5.56 Å². The standard InChI is InChI=1S/C27H24N4O2/c1-18-4-12-24(13-5-18)31-20(3)27(19(2)30-31)29-26(32)17-33-25-14-10-23(11-15-25)22-8-6-21(16-28)7-9-22/h4-15H,17H2,1-3H3,(H,29,32). The van der Waals surface area contributed by atoms with Crippen LogP contribution in [0.15, 0.2) is 72.8 Å². The van der Waals surface area contributed by atoms with Gasteiger partial charge < -0.3 is 10.1 Å².